The number of anilines is 1. The largest absolute Gasteiger partial charge is 0.469 e. The lowest BCUT2D eigenvalue weighted by atomic mass is 10.1. The molecule has 9 heteroatoms. The molecule has 0 radical (unpaired) electrons. The van der Waals surface area contributed by atoms with Crippen molar-refractivity contribution in [1.29, 1.82) is 0 Å². The van der Waals surface area contributed by atoms with Gasteiger partial charge in [0, 0.05) is 24.1 Å². The van der Waals surface area contributed by atoms with Crippen molar-refractivity contribution >= 4 is 29.6 Å². The fourth-order valence-corrected chi connectivity index (χ4v) is 2.78. The van der Waals surface area contributed by atoms with Crippen LogP contribution in [0.15, 0.2) is 24.3 Å². The van der Waals surface area contributed by atoms with Crippen LogP contribution < -0.4 is 10.7 Å². The number of esters is 1. The summed E-state index contributed by atoms with van der Waals surface area (Å²) in [7, 11) is 1.38. The molecule has 0 heterocycles. The summed E-state index contributed by atoms with van der Waals surface area (Å²) in [6, 6.07) is 6.24. The molecule has 0 aromatic heterocycles. The summed E-state index contributed by atoms with van der Waals surface area (Å²) in [5, 5.41) is 12.9. The number of unbranched alkanes of at least 4 members (excludes halogenated alkanes) is 4. The minimum absolute atomic E-state index is 0.114. The van der Waals surface area contributed by atoms with E-state index in [0.29, 0.717) is 18.5 Å². The van der Waals surface area contributed by atoms with Crippen molar-refractivity contribution in [2.75, 3.05) is 12.4 Å². The number of amides is 3. The number of hydrogen-bond donors (Lipinski definition) is 3. The van der Waals surface area contributed by atoms with Crippen LogP contribution in [0.3, 0.4) is 0 Å². The smallest absolute Gasteiger partial charge is 0.426 e. The Morgan fingerprint density at radius 3 is 2.00 bits per heavy atom. The van der Waals surface area contributed by atoms with Crippen LogP contribution in [0.25, 0.3) is 0 Å². The molecule has 1 rings (SSSR count). The number of benzene rings is 1. The number of hydrogen-bond acceptors (Lipinski definition) is 5. The highest BCUT2D eigenvalue weighted by molar-refractivity contribution is 5.96. The van der Waals surface area contributed by atoms with Gasteiger partial charge >= 0.3 is 12.1 Å². The molecule has 172 valence electrons. The van der Waals surface area contributed by atoms with E-state index in [-0.39, 0.29) is 17.4 Å². The van der Waals surface area contributed by atoms with Crippen molar-refractivity contribution < 1.29 is 29.0 Å². The molecule has 9 nitrogen and oxygen atoms in total. The molecule has 0 bridgehead atoms. The normalized spacial score (nSPS) is 10.8. The van der Waals surface area contributed by atoms with Crippen molar-refractivity contribution in [3.8, 4) is 0 Å². The number of ether oxygens (including phenoxy) is 1. The second kappa shape index (κ2) is 12.6. The van der Waals surface area contributed by atoms with E-state index in [4.69, 9.17) is 0 Å². The van der Waals surface area contributed by atoms with Gasteiger partial charge < -0.3 is 15.2 Å². The van der Waals surface area contributed by atoms with E-state index in [9.17, 15) is 24.3 Å². The number of methoxy groups -OCH3 is 1. The van der Waals surface area contributed by atoms with Gasteiger partial charge in [0.05, 0.1) is 12.6 Å². The molecular formula is C22H33N3O6. The lowest BCUT2D eigenvalue weighted by Crippen LogP contribution is -2.55. The molecule has 0 aliphatic rings. The maximum Gasteiger partial charge on any atom is 0.426 e. The zero-order valence-electron chi connectivity index (χ0n) is 18.7. The van der Waals surface area contributed by atoms with Crippen molar-refractivity contribution in [3.05, 3.63) is 29.8 Å². The third-order valence-corrected chi connectivity index (χ3v) is 4.52. The van der Waals surface area contributed by atoms with E-state index < -0.39 is 17.5 Å². The van der Waals surface area contributed by atoms with Crippen LogP contribution in [0, 0.1) is 0 Å². The van der Waals surface area contributed by atoms with Gasteiger partial charge in [0.2, 0.25) is 5.91 Å². The number of hydrazine groups is 1. The Morgan fingerprint density at radius 2 is 1.48 bits per heavy atom. The average Bonchev–Trinajstić information content (AvgIpc) is 2.70. The number of carbonyl (C=O) groups excluding carboxylic acids is 3. The van der Waals surface area contributed by atoms with E-state index in [1.54, 1.807) is 32.9 Å². The zero-order chi connectivity index (χ0) is 23.4. The minimum atomic E-state index is -1.26. The van der Waals surface area contributed by atoms with Gasteiger partial charge in [0.15, 0.2) is 0 Å². The van der Waals surface area contributed by atoms with E-state index >= 15 is 0 Å². The van der Waals surface area contributed by atoms with Crippen LogP contribution in [0.1, 0.15) is 76.1 Å². The van der Waals surface area contributed by atoms with Gasteiger partial charge in [-0.2, -0.15) is 0 Å². The highest BCUT2D eigenvalue weighted by atomic mass is 16.5. The minimum Gasteiger partial charge on any atom is -0.469 e. The first kappa shape index (κ1) is 25.9. The number of nitrogens with one attached hydrogen (secondary N) is 2. The molecule has 1 aromatic carbocycles. The standard InChI is InChI=1S/C22H33N3O6/c1-22(2,3)25(21(29)30)24-20(28)16-12-14-17(15-13-16)23-18(26)10-8-6-5-7-9-11-19(27)31-4/h12-15H,5-11H2,1-4H3,(H,23,26)(H,24,28)(H,29,30). The van der Waals surface area contributed by atoms with E-state index in [0.717, 1.165) is 37.1 Å². The monoisotopic (exact) mass is 435 g/mol. The molecule has 0 aliphatic heterocycles. The summed E-state index contributed by atoms with van der Waals surface area (Å²) >= 11 is 0. The number of rotatable bonds is 10. The quantitative estimate of drug-likeness (QED) is 0.290. The number of nitrogens with zero attached hydrogens (tertiary/aromatic N) is 1. The first-order valence-electron chi connectivity index (χ1n) is 10.4. The fourth-order valence-electron chi connectivity index (χ4n) is 2.78. The van der Waals surface area contributed by atoms with Crippen LogP contribution in [-0.2, 0) is 14.3 Å². The highest BCUT2D eigenvalue weighted by Gasteiger charge is 2.28. The van der Waals surface area contributed by atoms with Crippen LogP contribution >= 0.6 is 0 Å². The molecule has 31 heavy (non-hydrogen) atoms. The van der Waals surface area contributed by atoms with Crippen LogP contribution in [0.5, 0.6) is 0 Å². The van der Waals surface area contributed by atoms with Gasteiger partial charge in [-0.05, 0) is 57.9 Å². The maximum atomic E-state index is 12.3. The van der Waals surface area contributed by atoms with Crippen molar-refractivity contribution in [2.24, 2.45) is 0 Å². The first-order valence-corrected chi connectivity index (χ1v) is 10.4. The predicted molar refractivity (Wildman–Crippen MR) is 116 cm³/mol. The first-order chi connectivity index (χ1) is 14.5. The summed E-state index contributed by atoms with van der Waals surface area (Å²) in [6.45, 7) is 5.01. The van der Waals surface area contributed by atoms with Gasteiger partial charge in [-0.15, -0.1) is 0 Å². The number of carboxylic acid groups (broad SMARTS) is 1. The molecule has 0 spiro atoms. The van der Waals surface area contributed by atoms with Crippen LogP contribution in [0.4, 0.5) is 10.5 Å². The predicted octanol–water partition coefficient (Wildman–Crippen LogP) is 3.95. The van der Waals surface area contributed by atoms with Crippen LogP contribution in [-0.4, -0.2) is 46.6 Å². The summed E-state index contributed by atoms with van der Waals surface area (Å²) in [6.07, 6.45) is 3.88. The van der Waals surface area contributed by atoms with Gasteiger partial charge in [-0.1, -0.05) is 19.3 Å². The Balaban J connectivity index is 2.39. The molecule has 0 saturated heterocycles. The molecule has 0 aliphatic carbocycles. The Labute approximate surface area is 183 Å². The lowest BCUT2D eigenvalue weighted by Gasteiger charge is -2.32. The second-order valence-electron chi connectivity index (χ2n) is 8.20. The summed E-state index contributed by atoms with van der Waals surface area (Å²) in [5.74, 6) is -0.866. The van der Waals surface area contributed by atoms with Gasteiger partial charge in [-0.3, -0.25) is 19.8 Å². The lowest BCUT2D eigenvalue weighted by molar-refractivity contribution is -0.140. The summed E-state index contributed by atoms with van der Waals surface area (Å²) in [4.78, 5) is 46.7. The second-order valence-corrected chi connectivity index (χ2v) is 8.20. The summed E-state index contributed by atoms with van der Waals surface area (Å²) in [5.41, 5.74) is 2.42. The molecule has 3 N–H and O–H groups in total. The number of carbonyl (C=O) groups is 4. The summed E-state index contributed by atoms with van der Waals surface area (Å²) < 4.78 is 4.59. The Hall–Kier alpha value is -3.10. The average molecular weight is 436 g/mol. The molecule has 0 fully saturated rings. The van der Waals surface area contributed by atoms with Crippen molar-refractivity contribution in [2.45, 2.75) is 71.3 Å². The topological polar surface area (TPSA) is 125 Å². The van der Waals surface area contributed by atoms with E-state index in [1.165, 1.54) is 19.2 Å². The van der Waals surface area contributed by atoms with Gasteiger partial charge in [0.25, 0.3) is 5.91 Å². The van der Waals surface area contributed by atoms with Crippen molar-refractivity contribution in [3.63, 3.8) is 0 Å². The molecule has 3 amide bonds. The SMILES string of the molecule is COC(=O)CCCCCCCC(=O)Nc1ccc(C(=O)NN(C(=O)O)C(C)(C)C)cc1. The Kier molecular flexibility index (Phi) is 10.5. The van der Waals surface area contributed by atoms with Crippen molar-refractivity contribution in [1.82, 2.24) is 10.4 Å². The zero-order valence-corrected chi connectivity index (χ0v) is 18.7. The molecule has 0 atom stereocenters. The molecular weight excluding hydrogens is 402 g/mol. The molecule has 0 saturated carbocycles. The maximum absolute atomic E-state index is 12.3. The van der Waals surface area contributed by atoms with Gasteiger partial charge in [-0.25, -0.2) is 9.80 Å². The fraction of sp³-hybridized carbons (Fsp3) is 0.545. The molecule has 0 unspecified atom stereocenters. The third-order valence-electron chi connectivity index (χ3n) is 4.52. The Morgan fingerprint density at radius 1 is 0.935 bits per heavy atom. The van der Waals surface area contributed by atoms with E-state index in [1.807, 2.05) is 0 Å². The Bertz CT molecular complexity index is 756. The third kappa shape index (κ3) is 9.97. The van der Waals surface area contributed by atoms with Gasteiger partial charge in [0.1, 0.15) is 0 Å². The molecule has 1 aromatic rings. The highest BCUT2D eigenvalue weighted by Crippen LogP contribution is 2.14. The van der Waals surface area contributed by atoms with Crippen LogP contribution in [0.2, 0.25) is 0 Å². The van der Waals surface area contributed by atoms with E-state index in [2.05, 4.69) is 15.5 Å².